The summed E-state index contributed by atoms with van der Waals surface area (Å²) in [7, 11) is 0. The lowest BCUT2D eigenvalue weighted by atomic mass is 9.79. The van der Waals surface area contributed by atoms with E-state index in [-0.39, 0.29) is 0 Å². The summed E-state index contributed by atoms with van der Waals surface area (Å²) >= 11 is 0. The van der Waals surface area contributed by atoms with Crippen LogP contribution in [0.15, 0.2) is 24.3 Å². The quantitative estimate of drug-likeness (QED) is 0.633. The van der Waals surface area contributed by atoms with Crippen LogP contribution in [0.5, 0.6) is 0 Å². The first-order valence-electron chi connectivity index (χ1n) is 6.73. The lowest BCUT2D eigenvalue weighted by Gasteiger charge is -2.26. The van der Waals surface area contributed by atoms with Crippen LogP contribution in [0.2, 0.25) is 0 Å². The van der Waals surface area contributed by atoms with E-state index in [0.29, 0.717) is 0 Å². The molecule has 0 heterocycles. The van der Waals surface area contributed by atoms with Gasteiger partial charge in [0.25, 0.3) is 0 Å². The number of fused-ring (bicyclic) bond motifs is 1. The van der Waals surface area contributed by atoms with Gasteiger partial charge in [-0.2, -0.15) is 0 Å². The van der Waals surface area contributed by atoms with Gasteiger partial charge in [-0.1, -0.05) is 49.6 Å². The topological polar surface area (TPSA) is 0 Å². The molecule has 0 aliphatic heterocycles. The largest absolute Gasteiger partial charge is 0.0836 e. The Hall–Kier alpha value is -1.04. The maximum absolute atomic E-state index is 2.38. The molecule has 3 rings (SSSR count). The van der Waals surface area contributed by atoms with E-state index in [2.05, 4.69) is 30.4 Å². The Bertz CT molecular complexity index is 394. The zero-order chi connectivity index (χ0) is 10.8. The van der Waals surface area contributed by atoms with E-state index in [1.54, 1.807) is 11.1 Å². The highest BCUT2D eigenvalue weighted by Crippen LogP contribution is 2.36. The third-order valence-electron chi connectivity index (χ3n) is 4.15. The second-order valence-corrected chi connectivity index (χ2v) is 5.19. The van der Waals surface area contributed by atoms with Crippen LogP contribution in [-0.4, -0.2) is 0 Å². The van der Waals surface area contributed by atoms with Gasteiger partial charge in [0.15, 0.2) is 0 Å². The van der Waals surface area contributed by atoms with E-state index in [4.69, 9.17) is 0 Å². The molecule has 0 nitrogen and oxygen atoms in total. The zero-order valence-electron chi connectivity index (χ0n) is 9.91. The summed E-state index contributed by atoms with van der Waals surface area (Å²) in [6, 6.07) is 6.91. The van der Waals surface area contributed by atoms with Gasteiger partial charge in [0.05, 0.1) is 0 Å². The van der Waals surface area contributed by atoms with Crippen molar-refractivity contribution < 1.29 is 0 Å². The molecule has 0 bridgehead atoms. The Labute approximate surface area is 98.4 Å². The minimum Gasteiger partial charge on any atom is -0.0836 e. The SMILES string of the molecule is C1=Cc2cccc(C3CCCCC3)c2CC1. The number of allylic oxidation sites excluding steroid dienone is 1. The van der Waals surface area contributed by atoms with Gasteiger partial charge in [0, 0.05) is 0 Å². The molecule has 0 radical (unpaired) electrons. The van der Waals surface area contributed by atoms with Gasteiger partial charge in [0.1, 0.15) is 0 Å². The summed E-state index contributed by atoms with van der Waals surface area (Å²) in [5.74, 6) is 0.857. The molecule has 1 saturated carbocycles. The monoisotopic (exact) mass is 212 g/mol. The fourth-order valence-corrected chi connectivity index (χ4v) is 3.30. The smallest absolute Gasteiger partial charge is 0.0159 e. The third-order valence-corrected chi connectivity index (χ3v) is 4.15. The van der Waals surface area contributed by atoms with Gasteiger partial charge in [0.2, 0.25) is 0 Å². The van der Waals surface area contributed by atoms with Gasteiger partial charge in [-0.05, 0) is 48.3 Å². The molecule has 84 valence electrons. The highest BCUT2D eigenvalue weighted by Gasteiger charge is 2.19. The van der Waals surface area contributed by atoms with Gasteiger partial charge < -0.3 is 0 Å². The summed E-state index contributed by atoms with van der Waals surface area (Å²) in [5.41, 5.74) is 4.80. The van der Waals surface area contributed by atoms with Crippen LogP contribution < -0.4 is 0 Å². The second kappa shape index (κ2) is 4.45. The molecule has 0 N–H and O–H groups in total. The summed E-state index contributed by atoms with van der Waals surface area (Å²) in [5, 5.41) is 0. The first kappa shape index (κ1) is 10.1. The lowest BCUT2D eigenvalue weighted by molar-refractivity contribution is 0.441. The fourth-order valence-electron chi connectivity index (χ4n) is 3.30. The molecule has 0 saturated heterocycles. The van der Waals surface area contributed by atoms with Gasteiger partial charge in [-0.15, -0.1) is 0 Å². The maximum atomic E-state index is 2.38. The molecule has 0 aromatic heterocycles. The van der Waals surface area contributed by atoms with E-state index < -0.39 is 0 Å². The van der Waals surface area contributed by atoms with Crippen LogP contribution in [0.4, 0.5) is 0 Å². The minimum absolute atomic E-state index is 0.857. The van der Waals surface area contributed by atoms with Crippen LogP contribution >= 0.6 is 0 Å². The molecule has 0 heteroatoms. The molecular weight excluding hydrogens is 192 g/mol. The fraction of sp³-hybridized carbons (Fsp3) is 0.500. The molecule has 0 unspecified atom stereocenters. The van der Waals surface area contributed by atoms with Crippen molar-refractivity contribution in [1.29, 1.82) is 0 Å². The molecular formula is C16H20. The van der Waals surface area contributed by atoms with E-state index in [9.17, 15) is 0 Å². The van der Waals surface area contributed by atoms with Gasteiger partial charge in [-0.25, -0.2) is 0 Å². The Kier molecular flexibility index (Phi) is 2.82. The molecule has 1 aromatic rings. The number of rotatable bonds is 1. The van der Waals surface area contributed by atoms with Crippen molar-refractivity contribution in [1.82, 2.24) is 0 Å². The predicted molar refractivity (Wildman–Crippen MR) is 69.6 cm³/mol. The van der Waals surface area contributed by atoms with E-state index in [1.807, 2.05) is 0 Å². The highest BCUT2D eigenvalue weighted by atomic mass is 14.2. The summed E-state index contributed by atoms with van der Waals surface area (Å²) in [6.45, 7) is 0. The van der Waals surface area contributed by atoms with Crippen LogP contribution in [0.3, 0.4) is 0 Å². The molecule has 1 aromatic carbocycles. The standard InChI is InChI=1S/C16H20/c1-2-7-13(8-3-1)16-12-6-10-14-9-4-5-11-15(14)16/h4,6,9-10,12-13H,1-3,5,7-8,11H2. The van der Waals surface area contributed by atoms with Gasteiger partial charge >= 0.3 is 0 Å². The molecule has 0 spiro atoms. The summed E-state index contributed by atoms with van der Waals surface area (Å²) < 4.78 is 0. The Morgan fingerprint density at radius 3 is 2.75 bits per heavy atom. The number of benzene rings is 1. The molecule has 0 atom stereocenters. The second-order valence-electron chi connectivity index (χ2n) is 5.19. The Balaban J connectivity index is 1.97. The molecule has 1 fully saturated rings. The highest BCUT2D eigenvalue weighted by molar-refractivity contribution is 5.58. The Morgan fingerprint density at radius 2 is 1.88 bits per heavy atom. The molecule has 0 amide bonds. The molecule has 2 aliphatic carbocycles. The third kappa shape index (κ3) is 1.81. The van der Waals surface area contributed by atoms with Crippen molar-refractivity contribution in [3.8, 4) is 0 Å². The maximum Gasteiger partial charge on any atom is -0.0159 e. The number of hydrogen-bond donors (Lipinski definition) is 0. The zero-order valence-corrected chi connectivity index (χ0v) is 9.91. The Morgan fingerprint density at radius 1 is 1.00 bits per heavy atom. The van der Waals surface area contributed by atoms with Crippen LogP contribution in [-0.2, 0) is 6.42 Å². The normalized spacial score (nSPS) is 20.8. The van der Waals surface area contributed by atoms with E-state index in [1.165, 1.54) is 50.5 Å². The van der Waals surface area contributed by atoms with Crippen molar-refractivity contribution in [2.24, 2.45) is 0 Å². The van der Waals surface area contributed by atoms with Crippen molar-refractivity contribution in [2.75, 3.05) is 0 Å². The average Bonchev–Trinajstić information content (AvgIpc) is 2.39. The first-order chi connectivity index (χ1) is 7.95. The minimum atomic E-state index is 0.857. The summed E-state index contributed by atoms with van der Waals surface area (Å²) in [4.78, 5) is 0. The van der Waals surface area contributed by atoms with Crippen LogP contribution in [0.25, 0.3) is 6.08 Å². The van der Waals surface area contributed by atoms with Gasteiger partial charge in [-0.3, -0.25) is 0 Å². The van der Waals surface area contributed by atoms with Crippen molar-refractivity contribution >= 4 is 6.08 Å². The van der Waals surface area contributed by atoms with Crippen molar-refractivity contribution in [3.05, 3.63) is 41.0 Å². The van der Waals surface area contributed by atoms with Crippen molar-refractivity contribution in [3.63, 3.8) is 0 Å². The lowest BCUT2D eigenvalue weighted by Crippen LogP contribution is -2.09. The molecule has 16 heavy (non-hydrogen) atoms. The van der Waals surface area contributed by atoms with Crippen molar-refractivity contribution in [2.45, 2.75) is 50.9 Å². The van der Waals surface area contributed by atoms with Crippen LogP contribution in [0.1, 0.15) is 61.1 Å². The average molecular weight is 212 g/mol. The van der Waals surface area contributed by atoms with E-state index >= 15 is 0 Å². The van der Waals surface area contributed by atoms with E-state index in [0.717, 1.165) is 5.92 Å². The summed E-state index contributed by atoms with van der Waals surface area (Å²) in [6.07, 6.45) is 14.3. The predicted octanol–water partition coefficient (Wildman–Crippen LogP) is 4.69. The first-order valence-corrected chi connectivity index (χ1v) is 6.73. The number of hydrogen-bond acceptors (Lipinski definition) is 0. The van der Waals surface area contributed by atoms with Crippen LogP contribution in [0, 0.1) is 0 Å². The molecule has 2 aliphatic rings.